The molecule has 2 aliphatic rings. The Balaban J connectivity index is 2.28. The van der Waals surface area contributed by atoms with Crippen LogP contribution in [0.1, 0.15) is 41.5 Å². The molecule has 2 aliphatic heterocycles. The van der Waals surface area contributed by atoms with Gasteiger partial charge >= 0.3 is 0 Å². The maximum absolute atomic E-state index is 6.90. The van der Waals surface area contributed by atoms with Crippen LogP contribution in [0.4, 0.5) is 0 Å². The van der Waals surface area contributed by atoms with Gasteiger partial charge in [-0.05, 0) is 36.3 Å². The summed E-state index contributed by atoms with van der Waals surface area (Å²) in [6.45, 7) is 24.9. The van der Waals surface area contributed by atoms with Gasteiger partial charge in [-0.2, -0.15) is 0 Å². The molecule has 2 heterocycles. The van der Waals surface area contributed by atoms with E-state index in [1.165, 1.54) is 0 Å². The third-order valence-electron chi connectivity index (χ3n) is 7.39. The highest BCUT2D eigenvalue weighted by Crippen LogP contribution is 2.42. The largest absolute Gasteiger partial charge is 0.414 e. The molecule has 176 valence electrons. The summed E-state index contributed by atoms with van der Waals surface area (Å²) in [7, 11) is -2.15. The molecule has 0 spiro atoms. The monoisotopic (exact) mass is 458 g/mol. The summed E-state index contributed by atoms with van der Waals surface area (Å²) in [5.41, 5.74) is 0. The number of rotatable bonds is 7. The van der Waals surface area contributed by atoms with Gasteiger partial charge in [0.05, 0.1) is 13.3 Å². The zero-order valence-corrected chi connectivity index (χ0v) is 23.2. The van der Waals surface area contributed by atoms with Crippen molar-refractivity contribution in [2.24, 2.45) is 0 Å². The molecule has 1 N–H and O–H groups in total. The molecular formula is C22H46N2O4Si2. The highest BCUT2D eigenvalue weighted by molar-refractivity contribution is 6.74. The molecule has 0 aromatic rings. The van der Waals surface area contributed by atoms with Crippen molar-refractivity contribution in [1.82, 2.24) is 10.2 Å². The number of nitrogens with one attached hydrogen (secondary N) is 1. The van der Waals surface area contributed by atoms with E-state index in [4.69, 9.17) is 18.3 Å². The molecule has 0 saturated carbocycles. The van der Waals surface area contributed by atoms with Gasteiger partial charge in [-0.25, -0.2) is 0 Å². The second kappa shape index (κ2) is 9.33. The van der Waals surface area contributed by atoms with E-state index in [1.807, 2.05) is 0 Å². The molecule has 0 aromatic heterocycles. The second-order valence-corrected chi connectivity index (χ2v) is 21.3. The zero-order valence-electron chi connectivity index (χ0n) is 21.2. The smallest absolute Gasteiger partial charge is 0.192 e. The number of nitrogens with zero attached hydrogens (tertiary/aromatic N) is 1. The molecule has 0 aromatic carbocycles. The molecule has 8 heteroatoms. The van der Waals surface area contributed by atoms with E-state index in [2.05, 4.69) is 90.2 Å². The zero-order chi connectivity index (χ0) is 23.0. The Kier molecular flexibility index (Phi) is 8.10. The van der Waals surface area contributed by atoms with Gasteiger partial charge in [-0.3, -0.25) is 5.32 Å². The van der Waals surface area contributed by atoms with Gasteiger partial charge in [-0.15, -0.1) is 0 Å². The van der Waals surface area contributed by atoms with Crippen LogP contribution in [-0.2, 0) is 18.3 Å². The lowest BCUT2D eigenvalue weighted by molar-refractivity contribution is -0.0896. The van der Waals surface area contributed by atoms with Gasteiger partial charge < -0.3 is 23.2 Å². The molecule has 1 fully saturated rings. The molecule has 1 saturated heterocycles. The van der Waals surface area contributed by atoms with E-state index in [1.54, 1.807) is 7.11 Å². The third kappa shape index (κ3) is 5.76. The Morgan fingerprint density at radius 3 is 2.07 bits per heavy atom. The number of methoxy groups -OCH3 is 1. The van der Waals surface area contributed by atoms with Crippen molar-refractivity contribution < 1.29 is 18.3 Å². The van der Waals surface area contributed by atoms with E-state index < -0.39 is 16.6 Å². The highest BCUT2D eigenvalue weighted by atomic mass is 28.4. The van der Waals surface area contributed by atoms with Crippen molar-refractivity contribution in [1.29, 1.82) is 0 Å². The molecular weight excluding hydrogens is 412 g/mol. The first kappa shape index (κ1) is 26.0. The van der Waals surface area contributed by atoms with E-state index in [0.29, 0.717) is 6.61 Å². The summed E-state index contributed by atoms with van der Waals surface area (Å²) in [4.78, 5) is 2.17. The molecule has 2 rings (SSSR count). The van der Waals surface area contributed by atoms with Crippen LogP contribution in [0.15, 0.2) is 12.3 Å². The van der Waals surface area contributed by atoms with Crippen LogP contribution in [0, 0.1) is 0 Å². The van der Waals surface area contributed by atoms with E-state index in [-0.39, 0.29) is 34.6 Å². The minimum atomic E-state index is -2.02. The van der Waals surface area contributed by atoms with Gasteiger partial charge in [0.15, 0.2) is 22.9 Å². The fraction of sp³-hybridized carbons (Fsp3) is 0.909. The minimum Gasteiger partial charge on any atom is -0.414 e. The Bertz CT molecular complexity index is 599. The molecule has 6 nitrogen and oxygen atoms in total. The quantitative estimate of drug-likeness (QED) is 0.566. The number of hydrogen-bond acceptors (Lipinski definition) is 6. The molecule has 30 heavy (non-hydrogen) atoms. The SMILES string of the molecule is CO[C@H]1[C@H](O[Si](C)(C)C(C)(C)C)[C@@H](CO[Si](C)(C)C(C)(C)C)O[C@H]1N1C=CCNC1. The van der Waals surface area contributed by atoms with Gasteiger partial charge in [0, 0.05) is 19.9 Å². The Morgan fingerprint density at radius 2 is 1.60 bits per heavy atom. The van der Waals surface area contributed by atoms with E-state index >= 15 is 0 Å². The minimum absolute atomic E-state index is 0.112. The number of hydrogen-bond donors (Lipinski definition) is 1. The fourth-order valence-corrected chi connectivity index (χ4v) is 5.55. The molecule has 0 amide bonds. The standard InChI is InChI=1S/C22H46N2O4Si2/c1-21(2,3)29(8,9)26-15-17-18(28-30(10,11)22(4,5)6)19(25-7)20(27-17)24-14-12-13-23-16-24/h12,14,17-20,23H,13,15-16H2,1-11H3/t17-,18-,19+,20-/m1/s1. The predicted molar refractivity (Wildman–Crippen MR) is 129 cm³/mol. The van der Waals surface area contributed by atoms with Crippen LogP contribution in [0.25, 0.3) is 0 Å². The van der Waals surface area contributed by atoms with Crippen molar-refractivity contribution in [3.05, 3.63) is 12.3 Å². The summed E-state index contributed by atoms with van der Waals surface area (Å²) in [5, 5.41) is 3.65. The Labute approximate surface area is 186 Å². The summed E-state index contributed by atoms with van der Waals surface area (Å²) < 4.78 is 26.1. The summed E-state index contributed by atoms with van der Waals surface area (Å²) in [5.74, 6) is 0. The first-order chi connectivity index (χ1) is 13.6. The highest BCUT2D eigenvalue weighted by Gasteiger charge is 2.52. The molecule has 0 bridgehead atoms. The van der Waals surface area contributed by atoms with Crippen molar-refractivity contribution in [3.63, 3.8) is 0 Å². The van der Waals surface area contributed by atoms with Crippen molar-refractivity contribution in [2.75, 3.05) is 26.9 Å². The van der Waals surface area contributed by atoms with Crippen LogP contribution >= 0.6 is 0 Å². The first-order valence-corrected chi connectivity index (χ1v) is 17.1. The lowest BCUT2D eigenvalue weighted by atomic mass is 10.1. The van der Waals surface area contributed by atoms with Gasteiger partial charge in [0.1, 0.15) is 18.3 Å². The lowest BCUT2D eigenvalue weighted by Gasteiger charge is -2.41. The van der Waals surface area contributed by atoms with Crippen molar-refractivity contribution >= 4 is 16.6 Å². The summed E-state index contributed by atoms with van der Waals surface area (Å²) in [6, 6.07) is 0. The van der Waals surface area contributed by atoms with Gasteiger partial charge in [-0.1, -0.05) is 47.6 Å². The van der Waals surface area contributed by atoms with Gasteiger partial charge in [0.25, 0.3) is 0 Å². The summed E-state index contributed by atoms with van der Waals surface area (Å²) in [6.07, 6.45) is 3.55. The molecule has 0 radical (unpaired) electrons. The topological polar surface area (TPSA) is 52.2 Å². The van der Waals surface area contributed by atoms with Crippen LogP contribution < -0.4 is 5.32 Å². The van der Waals surface area contributed by atoms with Gasteiger partial charge in [0.2, 0.25) is 0 Å². The van der Waals surface area contributed by atoms with Crippen LogP contribution in [-0.4, -0.2) is 73.0 Å². The average molecular weight is 459 g/mol. The second-order valence-electron chi connectivity index (χ2n) is 11.7. The Morgan fingerprint density at radius 1 is 1.00 bits per heavy atom. The number of ether oxygens (including phenoxy) is 2. The first-order valence-electron chi connectivity index (χ1n) is 11.2. The van der Waals surface area contributed by atoms with E-state index in [0.717, 1.165) is 13.2 Å². The van der Waals surface area contributed by atoms with E-state index in [9.17, 15) is 0 Å². The van der Waals surface area contributed by atoms with Crippen molar-refractivity contribution in [2.45, 2.75) is 102 Å². The predicted octanol–water partition coefficient (Wildman–Crippen LogP) is 4.51. The fourth-order valence-electron chi connectivity index (χ4n) is 3.22. The molecule has 0 unspecified atom stereocenters. The summed E-state index contributed by atoms with van der Waals surface area (Å²) >= 11 is 0. The van der Waals surface area contributed by atoms with Crippen LogP contribution in [0.2, 0.25) is 36.3 Å². The molecule has 4 atom stereocenters. The third-order valence-corrected chi connectivity index (χ3v) is 16.4. The molecule has 0 aliphatic carbocycles. The maximum atomic E-state index is 6.90. The normalized spacial score (nSPS) is 29.0. The van der Waals surface area contributed by atoms with Crippen molar-refractivity contribution in [3.8, 4) is 0 Å². The lowest BCUT2D eigenvalue weighted by Crippen LogP contribution is -2.53. The van der Waals surface area contributed by atoms with Crippen LogP contribution in [0.5, 0.6) is 0 Å². The van der Waals surface area contributed by atoms with Crippen LogP contribution in [0.3, 0.4) is 0 Å². The average Bonchev–Trinajstić information content (AvgIpc) is 2.95. The Hall–Kier alpha value is -0.226. The maximum Gasteiger partial charge on any atom is 0.192 e.